The Morgan fingerprint density at radius 1 is 0.969 bits per heavy atom. The van der Waals surface area contributed by atoms with Crippen LogP contribution >= 0.6 is 11.6 Å². The molecule has 1 aliphatic rings. The maximum Gasteiger partial charge on any atom is 0.282 e. The number of hydrogen-bond acceptors (Lipinski definition) is 4. The molecular weight excluding hydrogens is 431 g/mol. The first-order chi connectivity index (χ1) is 15.4. The SMILES string of the molecule is CCOc1ccc(C2=C(Nc3cccc(Cl)c3C)C(=O)N(c3ccccc3F)C2=O)cc1. The van der Waals surface area contributed by atoms with Gasteiger partial charge in [0.25, 0.3) is 11.8 Å². The molecule has 0 atom stereocenters. The fraction of sp³-hybridized carbons (Fsp3) is 0.120. The first kappa shape index (κ1) is 21.6. The Morgan fingerprint density at radius 3 is 2.38 bits per heavy atom. The molecule has 3 aromatic carbocycles. The Balaban J connectivity index is 1.84. The van der Waals surface area contributed by atoms with Crippen molar-refractivity contribution in [3.63, 3.8) is 0 Å². The van der Waals surface area contributed by atoms with E-state index >= 15 is 0 Å². The second-order valence-electron chi connectivity index (χ2n) is 7.14. The van der Waals surface area contributed by atoms with Gasteiger partial charge in [-0.2, -0.15) is 0 Å². The van der Waals surface area contributed by atoms with Gasteiger partial charge in [-0.1, -0.05) is 41.9 Å². The first-order valence-corrected chi connectivity index (χ1v) is 10.4. The summed E-state index contributed by atoms with van der Waals surface area (Å²) in [5, 5.41) is 3.58. The van der Waals surface area contributed by atoms with Crippen LogP contribution in [0, 0.1) is 12.7 Å². The smallest absolute Gasteiger partial charge is 0.282 e. The number of nitrogens with one attached hydrogen (secondary N) is 1. The lowest BCUT2D eigenvalue weighted by atomic mass is 10.0. The van der Waals surface area contributed by atoms with Crippen molar-refractivity contribution in [2.75, 3.05) is 16.8 Å². The van der Waals surface area contributed by atoms with E-state index in [0.29, 0.717) is 28.6 Å². The summed E-state index contributed by atoms with van der Waals surface area (Å²) in [6.45, 7) is 4.18. The van der Waals surface area contributed by atoms with Gasteiger partial charge in [0.1, 0.15) is 17.3 Å². The number of rotatable bonds is 6. The predicted molar refractivity (Wildman–Crippen MR) is 123 cm³/mol. The minimum absolute atomic E-state index is 0.0489. The Bertz CT molecular complexity index is 1240. The highest BCUT2D eigenvalue weighted by molar-refractivity contribution is 6.46. The van der Waals surface area contributed by atoms with Gasteiger partial charge in [-0.3, -0.25) is 9.59 Å². The number of anilines is 2. The van der Waals surface area contributed by atoms with Crippen LogP contribution in [0.1, 0.15) is 18.1 Å². The van der Waals surface area contributed by atoms with E-state index in [1.165, 1.54) is 18.2 Å². The highest BCUT2D eigenvalue weighted by atomic mass is 35.5. The van der Waals surface area contributed by atoms with Crippen LogP contribution < -0.4 is 15.0 Å². The molecule has 0 saturated carbocycles. The van der Waals surface area contributed by atoms with E-state index in [2.05, 4.69) is 5.32 Å². The molecule has 1 aliphatic heterocycles. The summed E-state index contributed by atoms with van der Waals surface area (Å²) < 4.78 is 20.0. The largest absolute Gasteiger partial charge is 0.494 e. The van der Waals surface area contributed by atoms with Crippen molar-refractivity contribution in [2.45, 2.75) is 13.8 Å². The quantitative estimate of drug-likeness (QED) is 0.498. The van der Waals surface area contributed by atoms with Crippen LogP contribution in [0.15, 0.2) is 72.4 Å². The lowest BCUT2D eigenvalue weighted by Gasteiger charge is -2.16. The minimum Gasteiger partial charge on any atom is -0.494 e. The van der Waals surface area contributed by atoms with Gasteiger partial charge in [-0.15, -0.1) is 0 Å². The van der Waals surface area contributed by atoms with E-state index in [1.807, 2.05) is 6.92 Å². The van der Waals surface area contributed by atoms with Crippen molar-refractivity contribution in [3.8, 4) is 5.75 Å². The van der Waals surface area contributed by atoms with Crippen LogP contribution in [-0.4, -0.2) is 18.4 Å². The lowest BCUT2D eigenvalue weighted by Crippen LogP contribution is -2.33. The molecule has 4 rings (SSSR count). The van der Waals surface area contributed by atoms with Gasteiger partial charge in [-0.05, 0) is 61.4 Å². The molecule has 32 heavy (non-hydrogen) atoms. The summed E-state index contributed by atoms with van der Waals surface area (Å²) in [6.07, 6.45) is 0. The molecule has 0 unspecified atom stereocenters. The Morgan fingerprint density at radius 2 is 1.69 bits per heavy atom. The van der Waals surface area contributed by atoms with E-state index in [9.17, 15) is 14.0 Å². The van der Waals surface area contributed by atoms with Crippen LogP contribution in [0.5, 0.6) is 5.75 Å². The molecule has 2 amide bonds. The third-order valence-electron chi connectivity index (χ3n) is 5.16. The average molecular weight is 451 g/mol. The Kier molecular flexibility index (Phi) is 5.97. The summed E-state index contributed by atoms with van der Waals surface area (Å²) in [5.41, 5.74) is 1.89. The van der Waals surface area contributed by atoms with E-state index in [1.54, 1.807) is 55.5 Å². The second kappa shape index (κ2) is 8.85. The standard InChI is InChI=1S/C25H20ClFN2O3/c1-3-32-17-13-11-16(12-14-17)22-23(28-20-9-6-7-18(26)15(20)2)25(31)29(24(22)30)21-10-5-4-8-19(21)27/h4-14,28H,3H2,1-2H3. The highest BCUT2D eigenvalue weighted by Crippen LogP contribution is 2.36. The molecule has 162 valence electrons. The Labute approximate surface area is 190 Å². The zero-order valence-corrected chi connectivity index (χ0v) is 18.2. The van der Waals surface area contributed by atoms with Crippen LogP contribution in [0.2, 0.25) is 5.02 Å². The number of para-hydroxylation sites is 1. The number of nitrogens with zero attached hydrogens (tertiary/aromatic N) is 1. The number of ether oxygens (including phenoxy) is 1. The van der Waals surface area contributed by atoms with Crippen molar-refractivity contribution in [1.29, 1.82) is 0 Å². The van der Waals surface area contributed by atoms with Crippen molar-refractivity contribution >= 4 is 40.4 Å². The van der Waals surface area contributed by atoms with Gasteiger partial charge >= 0.3 is 0 Å². The number of hydrogen-bond donors (Lipinski definition) is 1. The maximum atomic E-state index is 14.5. The van der Waals surface area contributed by atoms with Crippen LogP contribution in [0.4, 0.5) is 15.8 Å². The number of amides is 2. The lowest BCUT2D eigenvalue weighted by molar-refractivity contribution is -0.120. The molecule has 0 saturated heterocycles. The van der Waals surface area contributed by atoms with Gasteiger partial charge in [0, 0.05) is 10.7 Å². The van der Waals surface area contributed by atoms with Gasteiger partial charge < -0.3 is 10.1 Å². The van der Waals surface area contributed by atoms with Gasteiger partial charge in [0.2, 0.25) is 0 Å². The van der Waals surface area contributed by atoms with Crippen molar-refractivity contribution in [1.82, 2.24) is 0 Å². The third-order valence-corrected chi connectivity index (χ3v) is 5.57. The van der Waals surface area contributed by atoms with E-state index < -0.39 is 17.6 Å². The maximum absolute atomic E-state index is 14.5. The van der Waals surface area contributed by atoms with E-state index in [4.69, 9.17) is 16.3 Å². The number of imide groups is 1. The van der Waals surface area contributed by atoms with Crippen LogP contribution in [-0.2, 0) is 9.59 Å². The van der Waals surface area contributed by atoms with Gasteiger partial charge in [0.05, 0.1) is 17.9 Å². The molecule has 5 nitrogen and oxygen atoms in total. The zero-order chi connectivity index (χ0) is 22.8. The van der Waals surface area contributed by atoms with Crippen LogP contribution in [0.3, 0.4) is 0 Å². The van der Waals surface area contributed by atoms with Crippen molar-refractivity contribution in [3.05, 3.63) is 94.4 Å². The third kappa shape index (κ3) is 3.85. The molecule has 1 heterocycles. The number of carbonyl (C=O) groups excluding carboxylic acids is 2. The molecule has 3 aromatic rings. The topological polar surface area (TPSA) is 58.6 Å². The minimum atomic E-state index is -0.666. The fourth-order valence-corrected chi connectivity index (χ4v) is 3.70. The zero-order valence-electron chi connectivity index (χ0n) is 17.5. The fourth-order valence-electron chi connectivity index (χ4n) is 3.53. The monoisotopic (exact) mass is 450 g/mol. The molecule has 1 N–H and O–H groups in total. The normalized spacial score (nSPS) is 13.7. The van der Waals surface area contributed by atoms with E-state index in [-0.39, 0.29) is 17.0 Å². The van der Waals surface area contributed by atoms with Crippen molar-refractivity contribution in [2.24, 2.45) is 0 Å². The number of carbonyl (C=O) groups is 2. The van der Waals surface area contributed by atoms with Gasteiger partial charge in [-0.25, -0.2) is 9.29 Å². The second-order valence-corrected chi connectivity index (χ2v) is 7.55. The molecule has 0 bridgehead atoms. The molecule has 0 aromatic heterocycles. The number of benzene rings is 3. The molecular formula is C25H20ClFN2O3. The number of halogens is 2. The molecule has 0 spiro atoms. The molecule has 7 heteroatoms. The van der Waals surface area contributed by atoms with E-state index in [0.717, 1.165) is 10.5 Å². The Hall–Kier alpha value is -3.64. The molecule has 0 radical (unpaired) electrons. The average Bonchev–Trinajstić information content (AvgIpc) is 3.02. The summed E-state index contributed by atoms with van der Waals surface area (Å²) in [7, 11) is 0. The summed E-state index contributed by atoms with van der Waals surface area (Å²) in [5.74, 6) is -1.30. The van der Waals surface area contributed by atoms with Gasteiger partial charge in [0.15, 0.2) is 0 Å². The summed E-state index contributed by atoms with van der Waals surface area (Å²) in [6, 6.07) is 17.7. The summed E-state index contributed by atoms with van der Waals surface area (Å²) >= 11 is 6.23. The molecule has 0 aliphatic carbocycles. The predicted octanol–water partition coefficient (Wildman–Crippen LogP) is 5.58. The first-order valence-electron chi connectivity index (χ1n) is 10.0. The molecule has 0 fully saturated rings. The summed E-state index contributed by atoms with van der Waals surface area (Å²) in [4.78, 5) is 27.6. The van der Waals surface area contributed by atoms with Crippen molar-refractivity contribution < 1.29 is 18.7 Å². The van der Waals surface area contributed by atoms with Crippen LogP contribution in [0.25, 0.3) is 5.57 Å². The highest BCUT2D eigenvalue weighted by Gasteiger charge is 2.41.